The van der Waals surface area contributed by atoms with E-state index in [2.05, 4.69) is 20.5 Å². The number of hydrogen-bond acceptors (Lipinski definition) is 6. The molecule has 1 aliphatic heterocycles. The van der Waals surface area contributed by atoms with Crippen molar-refractivity contribution in [2.24, 2.45) is 0 Å². The zero-order valence-corrected chi connectivity index (χ0v) is 15.0. The molecule has 0 unspecified atom stereocenters. The van der Waals surface area contributed by atoms with Crippen molar-refractivity contribution in [3.63, 3.8) is 0 Å². The third kappa shape index (κ3) is 2.95. The van der Waals surface area contributed by atoms with Gasteiger partial charge in [0.05, 0.1) is 0 Å². The molecule has 0 aliphatic carbocycles. The van der Waals surface area contributed by atoms with Crippen LogP contribution in [0.1, 0.15) is 31.8 Å². The predicted octanol–water partition coefficient (Wildman–Crippen LogP) is 1.55. The highest BCUT2D eigenvalue weighted by Crippen LogP contribution is 2.21. The lowest BCUT2D eigenvalue weighted by molar-refractivity contribution is -0.130. The summed E-state index contributed by atoms with van der Waals surface area (Å²) >= 11 is 1.54. The van der Waals surface area contributed by atoms with Gasteiger partial charge in [0, 0.05) is 24.1 Å². The summed E-state index contributed by atoms with van der Waals surface area (Å²) in [5.74, 6) is 1.39. The molecule has 3 rings (SSSR count). The van der Waals surface area contributed by atoms with Crippen molar-refractivity contribution in [1.82, 2.24) is 29.8 Å². The van der Waals surface area contributed by atoms with E-state index in [-0.39, 0.29) is 11.9 Å². The number of hydrogen-bond donors (Lipinski definition) is 1. The molecule has 0 aromatic carbocycles. The van der Waals surface area contributed by atoms with Crippen molar-refractivity contribution in [1.29, 1.82) is 0 Å². The van der Waals surface area contributed by atoms with Crippen LogP contribution in [0.5, 0.6) is 0 Å². The van der Waals surface area contributed by atoms with Crippen molar-refractivity contribution >= 4 is 29.3 Å². The minimum absolute atomic E-state index is 0.180. The van der Waals surface area contributed by atoms with Gasteiger partial charge in [0.25, 0.3) is 5.91 Å². The predicted molar refractivity (Wildman–Crippen MR) is 89.9 cm³/mol. The van der Waals surface area contributed by atoms with Crippen LogP contribution in [0.15, 0.2) is 11.2 Å². The molecule has 0 radical (unpaired) electrons. The Morgan fingerprint density at radius 2 is 2.00 bits per heavy atom. The Bertz CT molecular complexity index is 816. The second kappa shape index (κ2) is 6.04. The zero-order valence-electron chi connectivity index (χ0n) is 14.2. The van der Waals surface area contributed by atoms with Gasteiger partial charge in [-0.3, -0.25) is 14.1 Å². The Morgan fingerprint density at radius 3 is 2.67 bits per heavy atom. The maximum absolute atomic E-state index is 12.1. The third-order valence-electron chi connectivity index (χ3n) is 3.86. The number of urea groups is 1. The molecule has 128 valence electrons. The topological polar surface area (TPSA) is 92.5 Å². The average Bonchev–Trinajstić information content (AvgIpc) is 2.96. The summed E-state index contributed by atoms with van der Waals surface area (Å²) in [4.78, 5) is 29.6. The molecule has 9 heteroatoms. The number of carbonyl (C=O) groups excluding carboxylic acids is 2. The van der Waals surface area contributed by atoms with Gasteiger partial charge in [-0.1, -0.05) is 11.8 Å². The number of imide groups is 1. The quantitative estimate of drug-likeness (QED) is 0.501. The van der Waals surface area contributed by atoms with Crippen molar-refractivity contribution in [2.75, 3.05) is 12.3 Å². The molecule has 2 aromatic rings. The SMILES string of the molecule is Cc1cc2nnc(SCCCN3C(=O)NC(C)(C)C3=O)n2c(C)n1. The highest BCUT2D eigenvalue weighted by molar-refractivity contribution is 7.99. The highest BCUT2D eigenvalue weighted by Gasteiger charge is 2.43. The molecule has 3 heterocycles. The molecule has 1 fully saturated rings. The first-order valence-corrected chi connectivity index (χ1v) is 8.74. The number of nitrogens with zero attached hydrogens (tertiary/aromatic N) is 5. The molecule has 1 N–H and O–H groups in total. The molecule has 24 heavy (non-hydrogen) atoms. The molecule has 3 amide bonds. The molecule has 0 bridgehead atoms. The summed E-state index contributed by atoms with van der Waals surface area (Å²) in [6, 6.07) is 1.57. The van der Waals surface area contributed by atoms with Gasteiger partial charge in [-0.2, -0.15) is 0 Å². The van der Waals surface area contributed by atoms with E-state index in [1.54, 1.807) is 25.6 Å². The van der Waals surface area contributed by atoms with E-state index in [0.29, 0.717) is 13.0 Å². The summed E-state index contributed by atoms with van der Waals surface area (Å²) in [6.07, 6.45) is 0.688. The van der Waals surface area contributed by atoms with E-state index in [4.69, 9.17) is 0 Å². The maximum Gasteiger partial charge on any atom is 0.325 e. The standard InChI is InChI=1S/C15H20N6O2S/c1-9-8-11-18-19-14(21(11)10(2)16-9)24-7-5-6-20-12(22)15(3,4)17-13(20)23/h8H,5-7H2,1-4H3,(H,17,23). The van der Waals surface area contributed by atoms with Crippen LogP contribution in [-0.4, -0.2) is 54.3 Å². The molecule has 1 aliphatic rings. The fraction of sp³-hybridized carbons (Fsp3) is 0.533. The van der Waals surface area contributed by atoms with E-state index in [1.807, 2.05) is 24.3 Å². The van der Waals surface area contributed by atoms with Crippen molar-refractivity contribution < 1.29 is 9.59 Å². The van der Waals surface area contributed by atoms with Crippen LogP contribution in [0.3, 0.4) is 0 Å². The normalized spacial score (nSPS) is 16.9. The lowest BCUT2D eigenvalue weighted by Gasteiger charge is -2.15. The van der Waals surface area contributed by atoms with Crippen molar-refractivity contribution in [3.05, 3.63) is 17.6 Å². The number of nitrogens with one attached hydrogen (secondary N) is 1. The molecule has 1 saturated heterocycles. The number of amides is 3. The monoisotopic (exact) mass is 348 g/mol. The van der Waals surface area contributed by atoms with Crippen LogP contribution in [-0.2, 0) is 4.79 Å². The number of rotatable bonds is 5. The molecular formula is C15H20N6O2S. The Hall–Kier alpha value is -2.16. The first-order chi connectivity index (χ1) is 11.3. The summed E-state index contributed by atoms with van der Waals surface area (Å²) < 4.78 is 1.91. The first-order valence-electron chi connectivity index (χ1n) is 7.76. The lowest BCUT2D eigenvalue weighted by atomic mass is 10.1. The molecule has 2 aromatic heterocycles. The van der Waals surface area contributed by atoms with E-state index in [0.717, 1.165) is 28.1 Å². The number of thioether (sulfide) groups is 1. The number of aromatic nitrogens is 4. The van der Waals surface area contributed by atoms with Gasteiger partial charge < -0.3 is 5.32 Å². The van der Waals surface area contributed by atoms with Gasteiger partial charge in [0.1, 0.15) is 11.4 Å². The van der Waals surface area contributed by atoms with E-state index < -0.39 is 5.54 Å². The Balaban J connectivity index is 1.60. The smallest absolute Gasteiger partial charge is 0.324 e. The van der Waals surface area contributed by atoms with Gasteiger partial charge >= 0.3 is 6.03 Å². The van der Waals surface area contributed by atoms with E-state index in [1.165, 1.54) is 4.90 Å². The minimum atomic E-state index is -0.811. The van der Waals surface area contributed by atoms with Crippen LogP contribution in [0, 0.1) is 13.8 Å². The van der Waals surface area contributed by atoms with Gasteiger partial charge in [0.2, 0.25) is 0 Å². The maximum atomic E-state index is 12.1. The summed E-state index contributed by atoms with van der Waals surface area (Å²) in [7, 11) is 0. The summed E-state index contributed by atoms with van der Waals surface area (Å²) in [5.41, 5.74) is 0.872. The zero-order chi connectivity index (χ0) is 17.5. The average molecular weight is 348 g/mol. The summed E-state index contributed by atoms with van der Waals surface area (Å²) in [5, 5.41) is 11.8. The Kier molecular flexibility index (Phi) is 4.20. The van der Waals surface area contributed by atoms with Gasteiger partial charge in [-0.25, -0.2) is 9.78 Å². The number of fused-ring (bicyclic) bond motifs is 1. The Labute approximate surface area is 144 Å². The van der Waals surface area contributed by atoms with Gasteiger partial charge in [-0.15, -0.1) is 10.2 Å². The largest absolute Gasteiger partial charge is 0.325 e. The van der Waals surface area contributed by atoms with Crippen LogP contribution >= 0.6 is 11.8 Å². The summed E-state index contributed by atoms with van der Waals surface area (Å²) in [6.45, 7) is 7.66. The second-order valence-electron chi connectivity index (χ2n) is 6.33. The van der Waals surface area contributed by atoms with E-state index in [9.17, 15) is 9.59 Å². The van der Waals surface area contributed by atoms with Gasteiger partial charge in [0.15, 0.2) is 10.8 Å². The molecule has 0 spiro atoms. The number of carbonyl (C=O) groups is 2. The third-order valence-corrected chi connectivity index (χ3v) is 4.87. The van der Waals surface area contributed by atoms with Crippen LogP contribution in [0.2, 0.25) is 0 Å². The van der Waals surface area contributed by atoms with Crippen molar-refractivity contribution in [3.8, 4) is 0 Å². The van der Waals surface area contributed by atoms with E-state index >= 15 is 0 Å². The van der Waals surface area contributed by atoms with Crippen molar-refractivity contribution in [2.45, 2.75) is 44.8 Å². The number of aryl methyl sites for hydroxylation is 2. The fourth-order valence-electron chi connectivity index (χ4n) is 2.70. The Morgan fingerprint density at radius 1 is 1.25 bits per heavy atom. The molecular weight excluding hydrogens is 328 g/mol. The van der Waals surface area contributed by atoms with Crippen LogP contribution in [0.25, 0.3) is 5.65 Å². The second-order valence-corrected chi connectivity index (χ2v) is 7.40. The molecule has 8 nitrogen and oxygen atoms in total. The van der Waals surface area contributed by atoms with Crippen LogP contribution in [0.4, 0.5) is 4.79 Å². The highest BCUT2D eigenvalue weighted by atomic mass is 32.2. The molecule has 0 saturated carbocycles. The lowest BCUT2D eigenvalue weighted by Crippen LogP contribution is -2.40. The fourth-order valence-corrected chi connectivity index (χ4v) is 3.61. The molecule has 0 atom stereocenters. The first kappa shape index (κ1) is 16.7. The minimum Gasteiger partial charge on any atom is -0.324 e. The van der Waals surface area contributed by atoms with Gasteiger partial charge in [-0.05, 0) is 34.1 Å². The van der Waals surface area contributed by atoms with Crippen LogP contribution < -0.4 is 5.32 Å².